The molecule has 7 N–H and O–H groups in total. The summed E-state index contributed by atoms with van der Waals surface area (Å²) >= 11 is 13.1. The first-order valence-corrected chi connectivity index (χ1v) is 19.9. The third-order valence-electron chi connectivity index (χ3n) is 9.95. The van der Waals surface area contributed by atoms with Gasteiger partial charge in [0.25, 0.3) is 0 Å². The van der Waals surface area contributed by atoms with E-state index in [1.54, 1.807) is 0 Å². The van der Waals surface area contributed by atoms with Crippen LogP contribution >= 0.6 is 23.2 Å². The Kier molecular flexibility index (Phi) is 14.6. The predicted octanol–water partition coefficient (Wildman–Crippen LogP) is 5.59. The van der Waals surface area contributed by atoms with E-state index in [2.05, 4.69) is 42.2 Å². The van der Waals surface area contributed by atoms with Crippen molar-refractivity contribution in [2.45, 2.75) is 57.4 Å². The summed E-state index contributed by atoms with van der Waals surface area (Å²) in [5.41, 5.74) is 11.0. The van der Waals surface area contributed by atoms with Gasteiger partial charge in [0, 0.05) is 52.4 Å². The van der Waals surface area contributed by atoms with Crippen molar-refractivity contribution in [1.82, 2.24) is 30.7 Å². The van der Waals surface area contributed by atoms with Gasteiger partial charge in [-0.05, 0) is 79.9 Å². The molecule has 4 aromatic carbocycles. The van der Waals surface area contributed by atoms with Gasteiger partial charge >= 0.3 is 6.03 Å². The third-order valence-corrected chi connectivity index (χ3v) is 10.7. The molecule has 0 spiro atoms. The van der Waals surface area contributed by atoms with Gasteiger partial charge in [-0.2, -0.15) is 0 Å². The van der Waals surface area contributed by atoms with E-state index in [0.29, 0.717) is 22.3 Å². The van der Waals surface area contributed by atoms with Crippen molar-refractivity contribution in [3.8, 4) is 0 Å². The molecule has 6 rings (SSSR count). The SMILES string of the molecule is NCC[C@H](NC(=O)CNC(=O)Nc1ccc2c(CN3CCCC3)cn(Cc3c(Cl)cccc3Cl)c2c1)C(=O)N[C@@H](Cc1ccccc1)C(=O)NCc1ccccc1. The number of carbonyl (C=O) groups excluding carboxylic acids is 4. The number of nitrogens with two attached hydrogens (primary N) is 1. The molecule has 1 aliphatic heterocycles. The minimum atomic E-state index is -1.04. The highest BCUT2D eigenvalue weighted by Gasteiger charge is 2.27. The van der Waals surface area contributed by atoms with Crippen molar-refractivity contribution >= 4 is 63.5 Å². The minimum absolute atomic E-state index is 0.0997. The van der Waals surface area contributed by atoms with Crippen molar-refractivity contribution < 1.29 is 19.2 Å². The molecule has 1 aromatic heterocycles. The monoisotopic (exact) mass is 810 g/mol. The van der Waals surface area contributed by atoms with Crippen molar-refractivity contribution in [2.24, 2.45) is 5.73 Å². The zero-order valence-corrected chi connectivity index (χ0v) is 33.1. The van der Waals surface area contributed by atoms with Crippen LogP contribution in [0, 0.1) is 0 Å². The number of hydrogen-bond donors (Lipinski definition) is 6. The van der Waals surface area contributed by atoms with E-state index >= 15 is 0 Å². The number of amides is 5. The molecule has 57 heavy (non-hydrogen) atoms. The van der Waals surface area contributed by atoms with Crippen LogP contribution in [0.25, 0.3) is 10.9 Å². The van der Waals surface area contributed by atoms with Gasteiger partial charge in [0.05, 0.1) is 18.6 Å². The van der Waals surface area contributed by atoms with Crippen LogP contribution in [0.2, 0.25) is 10.0 Å². The Labute approximate surface area is 342 Å². The molecule has 2 heterocycles. The van der Waals surface area contributed by atoms with Crippen LogP contribution in [0.4, 0.5) is 10.5 Å². The summed E-state index contributed by atoms with van der Waals surface area (Å²) in [6.07, 6.45) is 4.83. The van der Waals surface area contributed by atoms with Gasteiger partial charge in [0.15, 0.2) is 0 Å². The summed E-state index contributed by atoms with van der Waals surface area (Å²) in [6, 6.07) is 27.4. The Morgan fingerprint density at radius 3 is 2.11 bits per heavy atom. The number of rotatable bonds is 17. The predicted molar refractivity (Wildman–Crippen MR) is 225 cm³/mol. The van der Waals surface area contributed by atoms with Crippen LogP contribution in [0.1, 0.15) is 41.5 Å². The largest absolute Gasteiger partial charge is 0.350 e. The number of aromatic nitrogens is 1. The van der Waals surface area contributed by atoms with Gasteiger partial charge in [0.2, 0.25) is 17.7 Å². The second kappa shape index (κ2) is 20.1. The molecule has 0 unspecified atom stereocenters. The number of fused-ring (bicyclic) bond motifs is 1. The topological polar surface area (TPSA) is 163 Å². The number of hydrogen-bond acceptors (Lipinski definition) is 6. The molecule has 5 amide bonds. The number of nitrogens with zero attached hydrogens (tertiary/aromatic N) is 2. The minimum Gasteiger partial charge on any atom is -0.350 e. The van der Waals surface area contributed by atoms with Crippen molar-refractivity contribution in [3.63, 3.8) is 0 Å². The summed E-state index contributed by atoms with van der Waals surface area (Å²) in [6.45, 7) is 3.32. The molecule has 5 aromatic rings. The molecule has 1 fully saturated rings. The normalized spacial score (nSPS) is 13.8. The summed E-state index contributed by atoms with van der Waals surface area (Å²) in [5.74, 6) is -1.53. The maximum absolute atomic E-state index is 13.5. The number of halogens is 2. The number of anilines is 1. The lowest BCUT2D eigenvalue weighted by molar-refractivity contribution is -0.132. The Bertz CT molecular complexity index is 2140. The van der Waals surface area contributed by atoms with E-state index in [1.165, 1.54) is 12.8 Å². The fraction of sp³-hybridized carbons (Fsp3) is 0.302. The Morgan fingerprint density at radius 1 is 0.737 bits per heavy atom. The third kappa shape index (κ3) is 11.6. The Balaban J connectivity index is 1.08. The first-order valence-electron chi connectivity index (χ1n) is 19.1. The van der Waals surface area contributed by atoms with Gasteiger partial charge < -0.3 is 36.9 Å². The molecule has 12 nitrogen and oxygen atoms in total. The summed E-state index contributed by atoms with van der Waals surface area (Å²) in [7, 11) is 0. The van der Waals surface area contributed by atoms with Crippen LogP contribution in [0.5, 0.6) is 0 Å². The average Bonchev–Trinajstić information content (AvgIpc) is 3.85. The van der Waals surface area contributed by atoms with E-state index in [1.807, 2.05) is 97.1 Å². The number of likely N-dealkylation sites (tertiary alicyclic amines) is 1. The molecular weight excluding hydrogens is 763 g/mol. The molecule has 0 aliphatic carbocycles. The Hall–Kier alpha value is -5.40. The standard InChI is InChI=1S/C43H48Cl2N8O4/c44-35-14-9-15-36(45)34(35)28-53-27-31(26-52-20-7-8-21-52)33-17-16-32(23-39(33)53)49-43(57)48-25-40(54)50-37(18-19-46)42(56)51-38(22-29-10-3-1-4-11-29)41(55)47-24-30-12-5-2-6-13-30/h1-6,9-17,23,27,37-38H,7-8,18-22,24-26,28,46H2,(H,47,55)(H,50,54)(H,51,56)(H2,48,49,57)/t37-,38-/m0/s1. The molecule has 1 aliphatic rings. The molecule has 0 saturated carbocycles. The maximum atomic E-state index is 13.5. The van der Waals surface area contributed by atoms with Gasteiger partial charge in [-0.25, -0.2) is 4.79 Å². The van der Waals surface area contributed by atoms with Crippen LogP contribution < -0.4 is 32.3 Å². The maximum Gasteiger partial charge on any atom is 0.319 e. The molecule has 1 saturated heterocycles. The van der Waals surface area contributed by atoms with Crippen molar-refractivity contribution in [2.75, 3.05) is 31.5 Å². The van der Waals surface area contributed by atoms with Crippen LogP contribution in [0.3, 0.4) is 0 Å². The molecule has 14 heteroatoms. The van der Waals surface area contributed by atoms with Gasteiger partial charge in [-0.15, -0.1) is 0 Å². The van der Waals surface area contributed by atoms with Crippen molar-refractivity contribution in [1.29, 1.82) is 0 Å². The summed E-state index contributed by atoms with van der Waals surface area (Å²) in [5, 5.41) is 16.0. The van der Waals surface area contributed by atoms with E-state index < -0.39 is 36.5 Å². The first-order chi connectivity index (χ1) is 27.7. The smallest absolute Gasteiger partial charge is 0.319 e. The lowest BCUT2D eigenvalue weighted by atomic mass is 10.0. The van der Waals surface area contributed by atoms with Crippen LogP contribution in [-0.2, 0) is 40.4 Å². The van der Waals surface area contributed by atoms with Crippen LogP contribution in [0.15, 0.2) is 103 Å². The number of carbonyl (C=O) groups is 4. The van der Waals surface area contributed by atoms with Gasteiger partial charge in [0.1, 0.15) is 12.1 Å². The summed E-state index contributed by atoms with van der Waals surface area (Å²) in [4.78, 5) is 55.4. The fourth-order valence-electron chi connectivity index (χ4n) is 6.99. The molecular formula is C43H48Cl2N8O4. The Morgan fingerprint density at radius 2 is 1.42 bits per heavy atom. The molecule has 298 valence electrons. The molecule has 0 bridgehead atoms. The molecule has 2 atom stereocenters. The van der Waals surface area contributed by atoms with E-state index in [-0.39, 0.29) is 31.8 Å². The second-order valence-corrected chi connectivity index (χ2v) is 15.0. The highest BCUT2D eigenvalue weighted by atomic mass is 35.5. The number of urea groups is 1. The lowest BCUT2D eigenvalue weighted by Crippen LogP contribution is -2.55. The molecule has 0 radical (unpaired) electrons. The first kappa shape index (κ1) is 41.2. The zero-order valence-electron chi connectivity index (χ0n) is 31.6. The van der Waals surface area contributed by atoms with Crippen LogP contribution in [-0.4, -0.2) is 71.5 Å². The second-order valence-electron chi connectivity index (χ2n) is 14.2. The highest BCUT2D eigenvalue weighted by molar-refractivity contribution is 6.36. The van der Waals surface area contributed by atoms with Gasteiger partial charge in [-0.3, -0.25) is 19.3 Å². The van der Waals surface area contributed by atoms with E-state index in [4.69, 9.17) is 28.9 Å². The number of benzene rings is 4. The highest BCUT2D eigenvalue weighted by Crippen LogP contribution is 2.31. The quantitative estimate of drug-likeness (QED) is 0.0718. The van der Waals surface area contributed by atoms with E-state index in [0.717, 1.165) is 52.8 Å². The van der Waals surface area contributed by atoms with Crippen molar-refractivity contribution in [3.05, 3.63) is 136 Å². The average molecular weight is 812 g/mol. The zero-order chi connectivity index (χ0) is 40.1. The summed E-state index contributed by atoms with van der Waals surface area (Å²) < 4.78 is 2.09. The lowest BCUT2D eigenvalue weighted by Gasteiger charge is -2.23. The number of nitrogens with one attached hydrogen (secondary N) is 5. The van der Waals surface area contributed by atoms with Gasteiger partial charge in [-0.1, -0.05) is 96.0 Å². The fourth-order valence-corrected chi connectivity index (χ4v) is 7.51. The van der Waals surface area contributed by atoms with E-state index in [9.17, 15) is 19.2 Å².